The van der Waals surface area contributed by atoms with Gasteiger partial charge in [-0.15, -0.1) is 24.0 Å². The van der Waals surface area contributed by atoms with Crippen LogP contribution in [0.25, 0.3) is 0 Å². The van der Waals surface area contributed by atoms with Gasteiger partial charge in [0, 0.05) is 25.6 Å². The maximum absolute atomic E-state index is 5.99. The van der Waals surface area contributed by atoms with Crippen LogP contribution in [0.15, 0.2) is 59.6 Å². The number of aliphatic imine (C=N–C) groups is 1. The number of guanidine groups is 1. The molecule has 7 heteroatoms. The molecule has 3 rings (SSSR count). The molecular formula is C26H39IN4O2. The molecule has 1 saturated heterocycles. The first-order valence-electron chi connectivity index (χ1n) is 11.6. The van der Waals surface area contributed by atoms with Gasteiger partial charge in [-0.05, 0) is 50.7 Å². The Morgan fingerprint density at radius 2 is 1.88 bits per heavy atom. The topological polar surface area (TPSA) is 49.3 Å². The number of nitrogens with zero attached hydrogens (tertiary/aromatic N) is 3. The minimum Gasteiger partial charge on any atom is -0.497 e. The summed E-state index contributed by atoms with van der Waals surface area (Å²) in [4.78, 5) is 9.61. The van der Waals surface area contributed by atoms with Crippen molar-refractivity contribution in [2.45, 2.75) is 26.0 Å². The van der Waals surface area contributed by atoms with Gasteiger partial charge in [0.15, 0.2) is 5.96 Å². The Morgan fingerprint density at radius 3 is 2.52 bits per heavy atom. The van der Waals surface area contributed by atoms with Crippen molar-refractivity contribution in [1.29, 1.82) is 0 Å². The first-order valence-corrected chi connectivity index (χ1v) is 11.6. The van der Waals surface area contributed by atoms with Gasteiger partial charge in [-0.1, -0.05) is 42.5 Å². The predicted molar refractivity (Wildman–Crippen MR) is 147 cm³/mol. The van der Waals surface area contributed by atoms with Crippen molar-refractivity contribution in [2.75, 3.05) is 54.0 Å². The summed E-state index contributed by atoms with van der Waals surface area (Å²) >= 11 is 0. The van der Waals surface area contributed by atoms with Gasteiger partial charge in [0.2, 0.25) is 0 Å². The van der Waals surface area contributed by atoms with Gasteiger partial charge in [-0.3, -0.25) is 4.99 Å². The van der Waals surface area contributed by atoms with Crippen LogP contribution < -0.4 is 10.1 Å². The second kappa shape index (κ2) is 14.4. The van der Waals surface area contributed by atoms with Crippen LogP contribution in [0.3, 0.4) is 0 Å². The Kier molecular flexibility index (Phi) is 12.0. The fourth-order valence-corrected chi connectivity index (χ4v) is 4.07. The maximum atomic E-state index is 5.99. The molecule has 2 aromatic carbocycles. The zero-order chi connectivity index (χ0) is 22.8. The van der Waals surface area contributed by atoms with Crippen LogP contribution in [0, 0.1) is 5.92 Å². The Morgan fingerprint density at radius 1 is 1.15 bits per heavy atom. The number of hydrogen-bond donors (Lipinski definition) is 1. The van der Waals surface area contributed by atoms with E-state index in [-0.39, 0.29) is 30.0 Å². The van der Waals surface area contributed by atoms with Gasteiger partial charge in [-0.25, -0.2) is 0 Å². The highest BCUT2D eigenvalue weighted by Gasteiger charge is 2.25. The molecule has 6 nitrogen and oxygen atoms in total. The van der Waals surface area contributed by atoms with Crippen molar-refractivity contribution in [1.82, 2.24) is 15.1 Å². The number of rotatable bonds is 10. The summed E-state index contributed by atoms with van der Waals surface area (Å²) in [5.41, 5.74) is 2.47. The van der Waals surface area contributed by atoms with E-state index in [2.05, 4.69) is 72.5 Å². The average molecular weight is 567 g/mol. The number of likely N-dealkylation sites (N-methyl/N-ethyl adjacent to an activating group) is 1. The van der Waals surface area contributed by atoms with E-state index in [1.165, 1.54) is 11.1 Å². The highest BCUT2D eigenvalue weighted by Crippen LogP contribution is 2.22. The van der Waals surface area contributed by atoms with Crippen molar-refractivity contribution in [3.05, 3.63) is 65.7 Å². The highest BCUT2D eigenvalue weighted by atomic mass is 127. The Labute approximate surface area is 216 Å². The van der Waals surface area contributed by atoms with E-state index >= 15 is 0 Å². The summed E-state index contributed by atoms with van der Waals surface area (Å²) < 4.78 is 11.3. The van der Waals surface area contributed by atoms with E-state index < -0.39 is 0 Å². The Hall–Kier alpha value is -1.84. The molecule has 0 amide bonds. The van der Waals surface area contributed by atoms with E-state index in [1.807, 2.05) is 18.2 Å². The SMILES string of the molecule is CCNC(=NCC(c1ccc(OC)cc1)N(C)C)N1CCC(COCc2ccccc2)C1.I. The molecule has 1 aliphatic rings. The second-order valence-corrected chi connectivity index (χ2v) is 8.55. The number of likely N-dealkylation sites (tertiary alicyclic amines) is 1. The number of hydrogen-bond acceptors (Lipinski definition) is 4. The Bertz CT molecular complexity index is 830. The lowest BCUT2D eigenvalue weighted by Crippen LogP contribution is -2.41. The molecule has 1 fully saturated rings. The molecule has 1 aliphatic heterocycles. The lowest BCUT2D eigenvalue weighted by atomic mass is 10.1. The van der Waals surface area contributed by atoms with Crippen LogP contribution >= 0.6 is 24.0 Å². The highest BCUT2D eigenvalue weighted by molar-refractivity contribution is 14.0. The zero-order valence-corrected chi connectivity index (χ0v) is 22.7. The lowest BCUT2D eigenvalue weighted by Gasteiger charge is -2.26. The van der Waals surface area contributed by atoms with E-state index in [9.17, 15) is 0 Å². The molecular weight excluding hydrogens is 527 g/mol. The number of ether oxygens (including phenoxy) is 2. The summed E-state index contributed by atoms with van der Waals surface area (Å²) in [6.07, 6.45) is 1.13. The quantitative estimate of drug-likeness (QED) is 0.262. The van der Waals surface area contributed by atoms with Crippen LogP contribution in [0.1, 0.15) is 30.5 Å². The number of methoxy groups -OCH3 is 1. The Balaban J connectivity index is 0.00000385. The fraction of sp³-hybridized carbons (Fsp3) is 0.500. The van der Waals surface area contributed by atoms with Crippen LogP contribution in [0.2, 0.25) is 0 Å². The zero-order valence-electron chi connectivity index (χ0n) is 20.4. The number of benzene rings is 2. The van der Waals surface area contributed by atoms with Crippen molar-refractivity contribution < 1.29 is 9.47 Å². The van der Waals surface area contributed by atoms with Crippen LogP contribution in [-0.4, -0.2) is 69.8 Å². The van der Waals surface area contributed by atoms with E-state index in [0.29, 0.717) is 19.1 Å². The van der Waals surface area contributed by atoms with Crippen LogP contribution in [0.5, 0.6) is 5.75 Å². The van der Waals surface area contributed by atoms with Crippen LogP contribution in [-0.2, 0) is 11.3 Å². The van der Waals surface area contributed by atoms with Gasteiger partial charge < -0.3 is 24.6 Å². The maximum Gasteiger partial charge on any atom is 0.193 e. The molecule has 33 heavy (non-hydrogen) atoms. The molecule has 0 saturated carbocycles. The third-order valence-corrected chi connectivity index (χ3v) is 5.92. The predicted octanol–water partition coefficient (Wildman–Crippen LogP) is 4.42. The van der Waals surface area contributed by atoms with Gasteiger partial charge in [0.05, 0.1) is 32.9 Å². The van der Waals surface area contributed by atoms with Crippen molar-refractivity contribution in [3.63, 3.8) is 0 Å². The van der Waals surface area contributed by atoms with Gasteiger partial charge >= 0.3 is 0 Å². The third-order valence-electron chi connectivity index (χ3n) is 5.92. The van der Waals surface area contributed by atoms with Crippen molar-refractivity contribution >= 4 is 29.9 Å². The first kappa shape index (κ1) is 27.4. The van der Waals surface area contributed by atoms with Crippen LogP contribution in [0.4, 0.5) is 0 Å². The largest absolute Gasteiger partial charge is 0.497 e. The smallest absolute Gasteiger partial charge is 0.193 e. The molecule has 0 spiro atoms. The van der Waals surface area contributed by atoms with Crippen molar-refractivity contribution in [2.24, 2.45) is 10.9 Å². The minimum atomic E-state index is 0. The molecule has 2 aromatic rings. The third kappa shape index (κ3) is 8.46. The van der Waals surface area contributed by atoms with E-state index in [0.717, 1.165) is 44.4 Å². The summed E-state index contributed by atoms with van der Waals surface area (Å²) in [5.74, 6) is 2.41. The van der Waals surface area contributed by atoms with Crippen molar-refractivity contribution in [3.8, 4) is 5.75 Å². The molecule has 1 heterocycles. The number of halogens is 1. The minimum absolute atomic E-state index is 0. The van der Waals surface area contributed by atoms with Gasteiger partial charge in [-0.2, -0.15) is 0 Å². The molecule has 0 bridgehead atoms. The fourth-order valence-electron chi connectivity index (χ4n) is 4.07. The second-order valence-electron chi connectivity index (χ2n) is 8.55. The molecule has 0 aliphatic carbocycles. The standard InChI is InChI=1S/C26H38N4O2.HI/c1-5-27-26(28-17-25(29(2)3)23-11-13-24(31-4)14-12-23)30-16-15-22(18-30)20-32-19-21-9-7-6-8-10-21;/h6-14,22,25H,5,15-20H2,1-4H3,(H,27,28);1H. The summed E-state index contributed by atoms with van der Waals surface area (Å²) in [6.45, 7) is 7.15. The lowest BCUT2D eigenvalue weighted by molar-refractivity contribution is 0.0906. The summed E-state index contributed by atoms with van der Waals surface area (Å²) in [5, 5.41) is 3.49. The molecule has 0 radical (unpaired) electrons. The first-order chi connectivity index (χ1) is 15.6. The van der Waals surface area contributed by atoms with Gasteiger partial charge in [0.1, 0.15) is 5.75 Å². The molecule has 2 atom stereocenters. The number of nitrogens with one attached hydrogen (secondary N) is 1. The monoisotopic (exact) mass is 566 g/mol. The molecule has 2 unspecified atom stereocenters. The van der Waals surface area contributed by atoms with E-state index in [1.54, 1.807) is 7.11 Å². The average Bonchev–Trinajstić information content (AvgIpc) is 3.28. The van der Waals surface area contributed by atoms with Gasteiger partial charge in [0.25, 0.3) is 0 Å². The normalized spacial score (nSPS) is 17.1. The molecule has 182 valence electrons. The molecule has 1 N–H and O–H groups in total. The summed E-state index contributed by atoms with van der Waals surface area (Å²) in [7, 11) is 5.90. The van der Waals surface area contributed by atoms with E-state index in [4.69, 9.17) is 14.5 Å². The molecule has 0 aromatic heterocycles. The summed E-state index contributed by atoms with van der Waals surface area (Å²) in [6, 6.07) is 18.9.